The van der Waals surface area contributed by atoms with Gasteiger partial charge in [-0.3, -0.25) is 0 Å². The minimum atomic E-state index is -1.45. The Morgan fingerprint density at radius 1 is 0.800 bits per heavy atom. The third-order valence-electron chi connectivity index (χ3n) is 4.32. The van der Waals surface area contributed by atoms with E-state index in [1.54, 1.807) is 0 Å². The average Bonchev–Trinajstić information content (AvgIpc) is 2.02. The lowest BCUT2D eigenvalue weighted by Crippen LogP contribution is -2.62. The molecule has 0 rings (SSSR count). The van der Waals surface area contributed by atoms with Crippen LogP contribution in [-0.4, -0.2) is 25.9 Å². The fourth-order valence-electron chi connectivity index (χ4n) is 2.93. The molecule has 92 valence electrons. The van der Waals surface area contributed by atoms with Crippen molar-refractivity contribution >= 4 is 8.24 Å². The molecule has 0 aromatic carbocycles. The van der Waals surface area contributed by atoms with E-state index in [-0.39, 0.29) is 0 Å². The summed E-state index contributed by atoms with van der Waals surface area (Å²) < 4.78 is 2.74. The van der Waals surface area contributed by atoms with Crippen LogP contribution in [0, 0.1) is 0 Å². The molecule has 0 amide bonds. The summed E-state index contributed by atoms with van der Waals surface area (Å²) in [6, 6.07) is 0. The molecule has 15 heavy (non-hydrogen) atoms. The SMILES string of the molecule is CCN(CC)[Si](C)(C(C)(C)C)C(C)(C)C. The van der Waals surface area contributed by atoms with Gasteiger partial charge in [-0.15, -0.1) is 0 Å². The number of hydrogen-bond donors (Lipinski definition) is 0. The van der Waals surface area contributed by atoms with Crippen molar-refractivity contribution in [1.82, 2.24) is 4.57 Å². The normalized spacial score (nSPS) is 14.8. The lowest BCUT2D eigenvalue weighted by atomic mass is 10.2. The summed E-state index contributed by atoms with van der Waals surface area (Å²) in [5.41, 5.74) is 0. The molecule has 0 aliphatic rings. The van der Waals surface area contributed by atoms with E-state index in [0.29, 0.717) is 10.1 Å². The van der Waals surface area contributed by atoms with E-state index in [4.69, 9.17) is 0 Å². The second kappa shape index (κ2) is 4.58. The van der Waals surface area contributed by atoms with Crippen LogP contribution in [-0.2, 0) is 0 Å². The maximum atomic E-state index is 2.74. The molecular formula is C13H31NSi. The zero-order valence-electron chi connectivity index (χ0n) is 12.4. The van der Waals surface area contributed by atoms with Crippen LogP contribution in [0.25, 0.3) is 0 Å². The van der Waals surface area contributed by atoms with Gasteiger partial charge in [-0.25, -0.2) is 0 Å². The predicted molar refractivity (Wildman–Crippen MR) is 74.0 cm³/mol. The van der Waals surface area contributed by atoms with Crippen molar-refractivity contribution in [3.8, 4) is 0 Å². The minimum Gasteiger partial charge on any atom is -0.323 e. The molecule has 0 bridgehead atoms. The Bertz CT molecular complexity index is 180. The smallest absolute Gasteiger partial charge is 0.136 e. The van der Waals surface area contributed by atoms with Crippen LogP contribution in [0.4, 0.5) is 0 Å². The second-order valence-corrected chi connectivity index (χ2v) is 12.5. The van der Waals surface area contributed by atoms with Gasteiger partial charge in [-0.1, -0.05) is 61.9 Å². The van der Waals surface area contributed by atoms with Crippen molar-refractivity contribution in [2.45, 2.75) is 72.0 Å². The Hall–Kier alpha value is 0.177. The lowest BCUT2D eigenvalue weighted by Gasteiger charge is -2.55. The van der Waals surface area contributed by atoms with Gasteiger partial charge < -0.3 is 4.57 Å². The molecule has 0 aromatic rings. The van der Waals surface area contributed by atoms with Gasteiger partial charge in [-0.2, -0.15) is 0 Å². The van der Waals surface area contributed by atoms with Crippen LogP contribution in [0.15, 0.2) is 0 Å². The second-order valence-electron chi connectivity index (χ2n) is 6.74. The van der Waals surface area contributed by atoms with Gasteiger partial charge in [0.2, 0.25) is 0 Å². The van der Waals surface area contributed by atoms with Gasteiger partial charge in [0.25, 0.3) is 0 Å². The van der Waals surface area contributed by atoms with Gasteiger partial charge in [-0.05, 0) is 23.2 Å². The number of nitrogens with zero attached hydrogens (tertiary/aromatic N) is 1. The van der Waals surface area contributed by atoms with Gasteiger partial charge in [0.05, 0.1) is 0 Å². The molecule has 0 unspecified atom stereocenters. The average molecular weight is 229 g/mol. The Morgan fingerprint density at radius 2 is 1.07 bits per heavy atom. The Labute approximate surface area is 98.3 Å². The Kier molecular flexibility index (Phi) is 4.64. The van der Waals surface area contributed by atoms with E-state index in [1.807, 2.05) is 0 Å². The first-order valence-corrected chi connectivity index (χ1v) is 8.72. The predicted octanol–water partition coefficient (Wildman–Crippen LogP) is 4.50. The molecule has 0 N–H and O–H groups in total. The van der Waals surface area contributed by atoms with Gasteiger partial charge in [0.1, 0.15) is 8.24 Å². The maximum absolute atomic E-state index is 2.74. The molecule has 0 aliphatic carbocycles. The van der Waals surface area contributed by atoms with Crippen molar-refractivity contribution in [2.24, 2.45) is 0 Å². The van der Waals surface area contributed by atoms with Gasteiger partial charge in [0.15, 0.2) is 0 Å². The molecule has 0 aliphatic heterocycles. The van der Waals surface area contributed by atoms with E-state index >= 15 is 0 Å². The zero-order chi connectivity index (χ0) is 12.5. The molecule has 0 atom stereocenters. The first kappa shape index (κ1) is 15.2. The van der Waals surface area contributed by atoms with Gasteiger partial charge in [0, 0.05) is 0 Å². The Balaban J connectivity index is 5.40. The van der Waals surface area contributed by atoms with Crippen LogP contribution < -0.4 is 0 Å². The highest BCUT2D eigenvalue weighted by atomic mass is 28.3. The summed E-state index contributed by atoms with van der Waals surface area (Å²) >= 11 is 0. The highest BCUT2D eigenvalue weighted by Gasteiger charge is 2.52. The van der Waals surface area contributed by atoms with E-state index in [1.165, 1.54) is 13.1 Å². The minimum absolute atomic E-state index is 0.428. The summed E-state index contributed by atoms with van der Waals surface area (Å²) in [5, 5.41) is 0.856. The first-order chi connectivity index (χ1) is 6.52. The number of rotatable bonds is 3. The fraction of sp³-hybridized carbons (Fsp3) is 1.00. The summed E-state index contributed by atoms with van der Waals surface area (Å²) in [7, 11) is -1.45. The van der Waals surface area contributed by atoms with Crippen molar-refractivity contribution in [1.29, 1.82) is 0 Å². The molecular weight excluding hydrogens is 198 g/mol. The summed E-state index contributed by atoms with van der Waals surface area (Å²) in [4.78, 5) is 0. The molecule has 0 saturated heterocycles. The molecule has 0 fully saturated rings. The topological polar surface area (TPSA) is 3.24 Å². The quantitative estimate of drug-likeness (QED) is 0.644. The van der Waals surface area contributed by atoms with Crippen LogP contribution in [0.2, 0.25) is 16.6 Å². The highest BCUT2D eigenvalue weighted by Crippen LogP contribution is 2.52. The third-order valence-corrected chi connectivity index (χ3v) is 12.1. The number of hydrogen-bond acceptors (Lipinski definition) is 1. The highest BCUT2D eigenvalue weighted by molar-refractivity contribution is 6.81. The molecule has 1 nitrogen and oxygen atoms in total. The summed E-state index contributed by atoms with van der Waals surface area (Å²) in [6.07, 6.45) is 0. The summed E-state index contributed by atoms with van der Waals surface area (Å²) in [5.74, 6) is 0. The molecule has 0 radical (unpaired) electrons. The van der Waals surface area contributed by atoms with Crippen molar-refractivity contribution in [3.05, 3.63) is 0 Å². The molecule has 0 saturated carbocycles. The van der Waals surface area contributed by atoms with E-state index in [0.717, 1.165) is 0 Å². The van der Waals surface area contributed by atoms with E-state index in [2.05, 4.69) is 66.5 Å². The lowest BCUT2D eigenvalue weighted by molar-refractivity contribution is 0.397. The van der Waals surface area contributed by atoms with E-state index in [9.17, 15) is 0 Å². The third kappa shape index (κ3) is 2.65. The van der Waals surface area contributed by atoms with Crippen LogP contribution in [0.1, 0.15) is 55.4 Å². The molecule has 0 spiro atoms. The van der Waals surface area contributed by atoms with Gasteiger partial charge >= 0.3 is 0 Å². The largest absolute Gasteiger partial charge is 0.323 e. The fourth-order valence-corrected chi connectivity index (χ4v) is 8.34. The van der Waals surface area contributed by atoms with E-state index < -0.39 is 8.24 Å². The van der Waals surface area contributed by atoms with Crippen LogP contribution in [0.3, 0.4) is 0 Å². The van der Waals surface area contributed by atoms with Crippen LogP contribution >= 0.6 is 0 Å². The maximum Gasteiger partial charge on any atom is 0.136 e. The van der Waals surface area contributed by atoms with Crippen LogP contribution in [0.5, 0.6) is 0 Å². The van der Waals surface area contributed by atoms with Crippen molar-refractivity contribution in [2.75, 3.05) is 13.1 Å². The molecule has 0 heterocycles. The summed E-state index contributed by atoms with van der Waals surface area (Å²) in [6.45, 7) is 24.0. The van der Waals surface area contributed by atoms with Crippen molar-refractivity contribution < 1.29 is 0 Å². The van der Waals surface area contributed by atoms with Crippen molar-refractivity contribution in [3.63, 3.8) is 0 Å². The Morgan fingerprint density at radius 3 is 1.13 bits per heavy atom. The standard InChI is InChI=1S/C13H31NSi/c1-10-14(11-2)15(9,12(3,4)5)13(6,7)8/h10-11H2,1-9H3. The first-order valence-electron chi connectivity index (χ1n) is 6.27. The molecule has 0 aromatic heterocycles. The monoisotopic (exact) mass is 229 g/mol. The molecule has 2 heteroatoms. The zero-order valence-corrected chi connectivity index (χ0v) is 13.4.